The highest BCUT2D eigenvalue weighted by molar-refractivity contribution is 8.04. The molecule has 0 bridgehead atoms. The Labute approximate surface area is 51.0 Å². The van der Waals surface area contributed by atoms with Crippen LogP contribution in [0.2, 0.25) is 0 Å². The second kappa shape index (κ2) is 1.91. The zero-order chi connectivity index (χ0) is 6.04. The molecule has 0 saturated carbocycles. The molecule has 0 amide bonds. The third kappa shape index (κ3) is 1.34. The molecular weight excluding hydrogens is 126 g/mol. The van der Waals surface area contributed by atoms with Gasteiger partial charge < -0.3 is 5.21 Å². The molecule has 1 rings (SSSR count). The van der Waals surface area contributed by atoms with E-state index in [2.05, 4.69) is 0 Å². The van der Waals surface area contributed by atoms with Crippen molar-refractivity contribution < 1.29 is 10.0 Å². The SMILES string of the molecule is [O-][N+]1(O)C=CSC=C1. The first-order valence-corrected chi connectivity index (χ1v) is 2.98. The molecule has 0 unspecified atom stereocenters. The van der Waals surface area contributed by atoms with Crippen molar-refractivity contribution in [1.82, 2.24) is 0 Å². The molecule has 0 fully saturated rings. The Balaban J connectivity index is 2.69. The minimum atomic E-state index is -1.38. The summed E-state index contributed by atoms with van der Waals surface area (Å²) >= 11 is 1.36. The Morgan fingerprint density at radius 3 is 2.12 bits per heavy atom. The molecule has 0 saturated heterocycles. The second-order valence-corrected chi connectivity index (χ2v) is 2.20. The molecule has 0 aromatic heterocycles. The smallest absolute Gasteiger partial charge is 0.140 e. The second-order valence-electron chi connectivity index (χ2n) is 1.38. The summed E-state index contributed by atoms with van der Waals surface area (Å²) in [4.78, 5) is -1.38. The molecule has 1 N–H and O–H groups in total. The van der Waals surface area contributed by atoms with E-state index in [1.54, 1.807) is 0 Å². The molecule has 3 nitrogen and oxygen atoms in total. The number of nitrogens with zero attached hydrogens (tertiary/aromatic N) is 1. The minimum Gasteiger partial charge on any atom is -0.589 e. The van der Waals surface area contributed by atoms with Crippen molar-refractivity contribution in [3.63, 3.8) is 0 Å². The first kappa shape index (κ1) is 5.84. The molecular formula is C4H5NO2S. The lowest BCUT2D eigenvalue weighted by atomic mass is 10.8. The molecule has 0 spiro atoms. The van der Waals surface area contributed by atoms with E-state index < -0.39 is 4.81 Å². The van der Waals surface area contributed by atoms with Crippen LogP contribution in [0.4, 0.5) is 0 Å². The maximum atomic E-state index is 10.4. The van der Waals surface area contributed by atoms with Gasteiger partial charge in [-0.05, 0) is 0 Å². The summed E-state index contributed by atoms with van der Waals surface area (Å²) < 4.78 is 0. The number of hydrogen-bond acceptors (Lipinski definition) is 3. The Morgan fingerprint density at radius 2 is 1.88 bits per heavy atom. The van der Waals surface area contributed by atoms with Gasteiger partial charge in [0.25, 0.3) is 0 Å². The van der Waals surface area contributed by atoms with Crippen molar-refractivity contribution in [3.05, 3.63) is 28.4 Å². The fourth-order valence-electron chi connectivity index (χ4n) is 0.340. The monoisotopic (exact) mass is 131 g/mol. The van der Waals surface area contributed by atoms with Gasteiger partial charge >= 0.3 is 0 Å². The van der Waals surface area contributed by atoms with E-state index in [-0.39, 0.29) is 0 Å². The lowest BCUT2D eigenvalue weighted by molar-refractivity contribution is -0.980. The van der Waals surface area contributed by atoms with Crippen LogP contribution in [-0.2, 0) is 0 Å². The molecule has 0 atom stereocenters. The van der Waals surface area contributed by atoms with Crippen molar-refractivity contribution in [3.8, 4) is 0 Å². The lowest BCUT2D eigenvalue weighted by Crippen LogP contribution is -2.24. The van der Waals surface area contributed by atoms with Crippen molar-refractivity contribution in [2.75, 3.05) is 0 Å². The fourth-order valence-corrected chi connectivity index (χ4v) is 0.920. The van der Waals surface area contributed by atoms with E-state index in [9.17, 15) is 5.21 Å². The Morgan fingerprint density at radius 1 is 1.38 bits per heavy atom. The molecule has 4 heteroatoms. The van der Waals surface area contributed by atoms with E-state index >= 15 is 0 Å². The van der Waals surface area contributed by atoms with Crippen LogP contribution < -0.4 is 0 Å². The highest BCUT2D eigenvalue weighted by atomic mass is 32.2. The fraction of sp³-hybridized carbons (Fsp3) is 0. The van der Waals surface area contributed by atoms with Gasteiger partial charge in [-0.15, -0.1) is 0 Å². The normalized spacial score (nSPS) is 23.8. The molecule has 1 aliphatic rings. The topological polar surface area (TPSA) is 43.3 Å². The van der Waals surface area contributed by atoms with Gasteiger partial charge in [0.1, 0.15) is 12.4 Å². The number of quaternary nitrogens is 1. The highest BCUT2D eigenvalue weighted by Crippen LogP contribution is 2.16. The van der Waals surface area contributed by atoms with Gasteiger partial charge in [-0.1, -0.05) is 11.8 Å². The zero-order valence-electron chi connectivity index (χ0n) is 4.02. The van der Waals surface area contributed by atoms with Gasteiger partial charge in [-0.3, -0.25) is 0 Å². The molecule has 0 aliphatic carbocycles. The molecule has 1 aliphatic heterocycles. The summed E-state index contributed by atoms with van der Waals surface area (Å²) in [6.45, 7) is 0. The molecule has 1 heterocycles. The van der Waals surface area contributed by atoms with Crippen molar-refractivity contribution in [2.24, 2.45) is 0 Å². The molecule has 0 radical (unpaired) electrons. The van der Waals surface area contributed by atoms with Gasteiger partial charge in [-0.25, -0.2) is 5.21 Å². The first-order chi connectivity index (χ1) is 3.71. The van der Waals surface area contributed by atoms with Crippen molar-refractivity contribution in [2.45, 2.75) is 0 Å². The van der Waals surface area contributed by atoms with Gasteiger partial charge in [0.15, 0.2) is 0 Å². The number of hydrogen-bond donors (Lipinski definition) is 1. The van der Waals surface area contributed by atoms with E-state index in [4.69, 9.17) is 5.21 Å². The van der Waals surface area contributed by atoms with Gasteiger partial charge in [0, 0.05) is 10.8 Å². The van der Waals surface area contributed by atoms with Crippen molar-refractivity contribution in [1.29, 1.82) is 0 Å². The van der Waals surface area contributed by atoms with Crippen LogP contribution in [-0.4, -0.2) is 10.0 Å². The average molecular weight is 131 g/mol. The molecule has 44 valence electrons. The van der Waals surface area contributed by atoms with E-state index in [1.165, 1.54) is 22.6 Å². The maximum absolute atomic E-state index is 10.4. The average Bonchev–Trinajstić information content (AvgIpc) is 1.65. The minimum absolute atomic E-state index is 1.14. The van der Waals surface area contributed by atoms with Crippen LogP contribution in [0.5, 0.6) is 0 Å². The summed E-state index contributed by atoms with van der Waals surface area (Å²) in [5, 5.41) is 22.1. The summed E-state index contributed by atoms with van der Waals surface area (Å²) in [7, 11) is 0. The van der Waals surface area contributed by atoms with E-state index in [1.807, 2.05) is 0 Å². The van der Waals surface area contributed by atoms with Crippen LogP contribution in [0.25, 0.3) is 0 Å². The van der Waals surface area contributed by atoms with Gasteiger partial charge in [0.05, 0.1) is 0 Å². The van der Waals surface area contributed by atoms with Crippen LogP contribution in [0.1, 0.15) is 0 Å². The van der Waals surface area contributed by atoms with Crippen LogP contribution in [0.3, 0.4) is 0 Å². The quantitative estimate of drug-likeness (QED) is 0.399. The Hall–Kier alpha value is -0.290. The third-order valence-corrected chi connectivity index (χ3v) is 1.26. The first-order valence-electron chi connectivity index (χ1n) is 2.04. The van der Waals surface area contributed by atoms with Crippen molar-refractivity contribution >= 4 is 11.8 Å². The Bertz CT molecular complexity index is 127. The maximum Gasteiger partial charge on any atom is 0.140 e. The standard InChI is InChI=1S/C4H5NO2S/c6-5(7)1-3-8-4-2-5/h1-4,6H. The largest absolute Gasteiger partial charge is 0.589 e. The van der Waals surface area contributed by atoms with Crippen LogP contribution in [0, 0.1) is 5.21 Å². The zero-order valence-corrected chi connectivity index (χ0v) is 4.84. The van der Waals surface area contributed by atoms with Gasteiger partial charge in [-0.2, -0.15) is 4.81 Å². The molecule has 0 aromatic rings. The predicted molar refractivity (Wildman–Crippen MR) is 31.3 cm³/mol. The number of hydroxylamine groups is 4. The predicted octanol–water partition coefficient (Wildman–Crippen LogP) is 1.38. The summed E-state index contributed by atoms with van der Waals surface area (Å²) in [5.41, 5.74) is 0. The summed E-state index contributed by atoms with van der Waals surface area (Å²) in [5.74, 6) is 0. The lowest BCUT2D eigenvalue weighted by Gasteiger charge is -2.25. The van der Waals surface area contributed by atoms with E-state index in [0.29, 0.717) is 0 Å². The third-order valence-electron chi connectivity index (χ3n) is 0.706. The molecule has 8 heavy (non-hydrogen) atoms. The number of thioether (sulfide) groups is 1. The van der Waals surface area contributed by atoms with Gasteiger partial charge in [0.2, 0.25) is 0 Å². The van der Waals surface area contributed by atoms with Crippen LogP contribution in [0.15, 0.2) is 23.2 Å². The number of rotatable bonds is 0. The van der Waals surface area contributed by atoms with E-state index in [0.717, 1.165) is 12.4 Å². The Kier molecular flexibility index (Phi) is 1.39. The van der Waals surface area contributed by atoms with Crippen LogP contribution >= 0.6 is 11.8 Å². The highest BCUT2D eigenvalue weighted by Gasteiger charge is 2.05. The molecule has 0 aromatic carbocycles. The summed E-state index contributed by atoms with van der Waals surface area (Å²) in [6, 6.07) is 0. The summed E-state index contributed by atoms with van der Waals surface area (Å²) in [6.07, 6.45) is 2.29.